The van der Waals surface area contributed by atoms with Crippen LogP contribution in [-0.4, -0.2) is 20.5 Å². The van der Waals surface area contributed by atoms with Gasteiger partial charge in [0.25, 0.3) is 5.91 Å². The summed E-state index contributed by atoms with van der Waals surface area (Å²) in [5, 5.41) is 4.44. The molecule has 0 aliphatic heterocycles. The van der Waals surface area contributed by atoms with Gasteiger partial charge in [0.2, 0.25) is 0 Å². The number of carbonyl (C=O) groups is 1. The highest BCUT2D eigenvalue weighted by atomic mass is 16.1. The summed E-state index contributed by atoms with van der Waals surface area (Å²) in [7, 11) is 0. The Morgan fingerprint density at radius 1 is 1.04 bits per heavy atom. The molecule has 2 aromatic heterocycles. The third-order valence-corrected chi connectivity index (χ3v) is 5.32. The maximum Gasteiger partial charge on any atom is 0.269 e. The van der Waals surface area contributed by atoms with Gasteiger partial charge in [-0.25, -0.2) is 9.50 Å². The summed E-state index contributed by atoms with van der Waals surface area (Å²) < 4.78 is 1.70. The number of nitrogens with two attached hydrogens (primary N) is 2. The lowest BCUT2D eigenvalue weighted by molar-refractivity contribution is 0.0994. The fraction of sp³-hybridized carbons (Fsp3) is 0.136. The molecule has 28 heavy (non-hydrogen) atoms. The number of hydrogen-bond donors (Lipinski definition) is 2. The molecule has 4 aromatic rings. The number of fused-ring (bicyclic) bond motifs is 2. The summed E-state index contributed by atoms with van der Waals surface area (Å²) in [6, 6.07) is 19.7. The number of hydrogen-bond acceptors (Lipinski definition) is 4. The molecule has 4 N–H and O–H groups in total. The van der Waals surface area contributed by atoms with Gasteiger partial charge in [0.05, 0.1) is 5.69 Å². The second-order valence-corrected chi connectivity index (χ2v) is 7.09. The quantitative estimate of drug-likeness (QED) is 0.579. The van der Waals surface area contributed by atoms with Gasteiger partial charge in [-0.1, -0.05) is 42.5 Å². The first-order chi connectivity index (χ1) is 13.6. The van der Waals surface area contributed by atoms with Crippen molar-refractivity contribution < 1.29 is 4.79 Å². The van der Waals surface area contributed by atoms with Crippen molar-refractivity contribution in [2.75, 3.05) is 0 Å². The molecule has 2 heterocycles. The number of benzene rings is 2. The van der Waals surface area contributed by atoms with Crippen molar-refractivity contribution in [2.24, 2.45) is 11.5 Å². The van der Waals surface area contributed by atoms with E-state index in [-0.39, 0.29) is 11.7 Å². The van der Waals surface area contributed by atoms with Crippen molar-refractivity contribution in [1.82, 2.24) is 14.6 Å². The zero-order valence-electron chi connectivity index (χ0n) is 15.2. The maximum atomic E-state index is 11.6. The molecular formula is C22H19N5O. The molecule has 1 atom stereocenters. The Morgan fingerprint density at radius 3 is 2.64 bits per heavy atom. The van der Waals surface area contributed by atoms with Gasteiger partial charge < -0.3 is 11.5 Å². The lowest BCUT2D eigenvalue weighted by Crippen LogP contribution is -2.14. The molecule has 6 heteroatoms. The Hall–Kier alpha value is -3.51. The number of amides is 1. The van der Waals surface area contributed by atoms with Crippen LogP contribution in [0.5, 0.6) is 0 Å². The third kappa shape index (κ3) is 2.58. The van der Waals surface area contributed by atoms with E-state index in [4.69, 9.17) is 16.5 Å². The van der Waals surface area contributed by atoms with E-state index in [1.54, 1.807) is 16.6 Å². The van der Waals surface area contributed by atoms with E-state index in [0.717, 1.165) is 35.4 Å². The highest BCUT2D eigenvalue weighted by Gasteiger charge is 2.22. The van der Waals surface area contributed by atoms with Gasteiger partial charge in [0.15, 0.2) is 5.65 Å². The van der Waals surface area contributed by atoms with Crippen LogP contribution in [0.3, 0.4) is 0 Å². The Balaban J connectivity index is 1.78. The standard InChI is InChI=1S/C22H19N5O/c23-17-9-7-14-12-15(6-8-16(14)17)20-21(13-4-2-1-3-5-13)27-19(25-20)11-10-18(26-27)22(24)28/h1-6,8,10-12,17H,7,9,23H2,(H2,24,28). The minimum Gasteiger partial charge on any atom is -0.364 e. The first kappa shape index (κ1) is 16.6. The lowest BCUT2D eigenvalue weighted by atomic mass is 10.0. The van der Waals surface area contributed by atoms with Crippen molar-refractivity contribution in [3.63, 3.8) is 0 Å². The van der Waals surface area contributed by atoms with Crippen molar-refractivity contribution in [2.45, 2.75) is 18.9 Å². The van der Waals surface area contributed by atoms with Gasteiger partial charge in [-0.05, 0) is 42.2 Å². The topological polar surface area (TPSA) is 99.3 Å². The molecular weight excluding hydrogens is 350 g/mol. The number of aryl methyl sites for hydroxylation is 1. The van der Waals surface area contributed by atoms with Crippen LogP contribution in [0.4, 0.5) is 0 Å². The normalized spacial score (nSPS) is 15.7. The van der Waals surface area contributed by atoms with E-state index in [0.29, 0.717) is 5.65 Å². The highest BCUT2D eigenvalue weighted by molar-refractivity contribution is 5.91. The van der Waals surface area contributed by atoms with Crippen LogP contribution in [0.15, 0.2) is 60.7 Å². The Kier molecular flexibility index (Phi) is 3.74. The van der Waals surface area contributed by atoms with E-state index in [2.05, 4.69) is 23.3 Å². The average molecular weight is 369 g/mol. The Morgan fingerprint density at radius 2 is 1.86 bits per heavy atom. The van der Waals surface area contributed by atoms with Gasteiger partial charge in [-0.15, -0.1) is 0 Å². The van der Waals surface area contributed by atoms with E-state index in [1.165, 1.54) is 11.1 Å². The average Bonchev–Trinajstić information content (AvgIpc) is 3.28. The van der Waals surface area contributed by atoms with Crippen LogP contribution in [0.25, 0.3) is 28.2 Å². The lowest BCUT2D eigenvalue weighted by Gasteiger charge is -2.08. The Bertz CT molecular complexity index is 1210. The van der Waals surface area contributed by atoms with Gasteiger partial charge in [-0.3, -0.25) is 4.79 Å². The summed E-state index contributed by atoms with van der Waals surface area (Å²) in [5.74, 6) is -0.567. The molecule has 1 unspecified atom stereocenters. The molecule has 1 aliphatic carbocycles. The molecule has 0 saturated carbocycles. The second-order valence-electron chi connectivity index (χ2n) is 7.09. The molecule has 6 nitrogen and oxygen atoms in total. The molecule has 0 radical (unpaired) electrons. The first-order valence-electron chi connectivity index (χ1n) is 9.25. The number of nitrogens with zero attached hydrogens (tertiary/aromatic N) is 3. The summed E-state index contributed by atoms with van der Waals surface area (Å²) in [5.41, 5.74) is 18.6. The SMILES string of the molecule is NC(=O)c1ccc2nc(-c3ccc4c(c3)CCC4N)c(-c3ccccc3)n2n1. The molecule has 138 valence electrons. The number of primary amides is 1. The van der Waals surface area contributed by atoms with Crippen molar-refractivity contribution in [1.29, 1.82) is 0 Å². The van der Waals surface area contributed by atoms with E-state index < -0.39 is 5.91 Å². The third-order valence-electron chi connectivity index (χ3n) is 5.32. The van der Waals surface area contributed by atoms with Crippen LogP contribution < -0.4 is 11.5 Å². The molecule has 0 saturated heterocycles. The molecule has 1 amide bonds. The fourth-order valence-corrected chi connectivity index (χ4v) is 3.92. The van der Waals surface area contributed by atoms with Gasteiger partial charge in [0.1, 0.15) is 11.4 Å². The van der Waals surface area contributed by atoms with Crippen molar-refractivity contribution >= 4 is 11.6 Å². The molecule has 0 bridgehead atoms. The minimum atomic E-state index is -0.567. The van der Waals surface area contributed by atoms with Crippen LogP contribution in [0.1, 0.15) is 34.1 Å². The summed E-state index contributed by atoms with van der Waals surface area (Å²) >= 11 is 0. The summed E-state index contributed by atoms with van der Waals surface area (Å²) in [4.78, 5) is 16.5. The largest absolute Gasteiger partial charge is 0.364 e. The van der Waals surface area contributed by atoms with E-state index in [1.807, 2.05) is 30.3 Å². The maximum absolute atomic E-state index is 11.6. The molecule has 1 aliphatic rings. The molecule has 0 fully saturated rings. The van der Waals surface area contributed by atoms with Crippen molar-refractivity contribution in [3.05, 3.63) is 77.5 Å². The van der Waals surface area contributed by atoms with Crippen molar-refractivity contribution in [3.8, 4) is 22.5 Å². The van der Waals surface area contributed by atoms with E-state index >= 15 is 0 Å². The summed E-state index contributed by atoms with van der Waals surface area (Å²) in [6.07, 6.45) is 1.95. The fourth-order valence-electron chi connectivity index (χ4n) is 3.92. The summed E-state index contributed by atoms with van der Waals surface area (Å²) in [6.45, 7) is 0. The second kappa shape index (κ2) is 6.28. The highest BCUT2D eigenvalue weighted by Crippen LogP contribution is 2.36. The first-order valence-corrected chi connectivity index (χ1v) is 9.25. The number of carbonyl (C=O) groups excluding carboxylic acids is 1. The number of aromatic nitrogens is 3. The smallest absolute Gasteiger partial charge is 0.269 e. The van der Waals surface area contributed by atoms with Crippen LogP contribution in [-0.2, 0) is 6.42 Å². The predicted molar refractivity (Wildman–Crippen MR) is 108 cm³/mol. The zero-order chi connectivity index (χ0) is 19.3. The van der Waals surface area contributed by atoms with E-state index in [9.17, 15) is 4.79 Å². The zero-order valence-corrected chi connectivity index (χ0v) is 15.2. The monoisotopic (exact) mass is 369 g/mol. The van der Waals surface area contributed by atoms with Crippen LogP contribution in [0, 0.1) is 0 Å². The van der Waals surface area contributed by atoms with Gasteiger partial charge in [-0.2, -0.15) is 5.10 Å². The van der Waals surface area contributed by atoms with Crippen LogP contribution in [0.2, 0.25) is 0 Å². The van der Waals surface area contributed by atoms with Crippen LogP contribution >= 0.6 is 0 Å². The molecule has 2 aromatic carbocycles. The molecule has 5 rings (SSSR count). The van der Waals surface area contributed by atoms with Gasteiger partial charge in [0, 0.05) is 17.2 Å². The Labute approximate surface area is 161 Å². The number of imidazole rings is 1. The number of rotatable bonds is 3. The predicted octanol–water partition coefficient (Wildman–Crippen LogP) is 3.11. The molecule has 0 spiro atoms. The minimum absolute atomic E-state index is 0.110. The van der Waals surface area contributed by atoms with Gasteiger partial charge >= 0.3 is 0 Å².